The number of nitrogens with one attached hydrogen (secondary N) is 1. The lowest BCUT2D eigenvalue weighted by molar-refractivity contribution is -0.146. The topological polar surface area (TPSA) is 96.3 Å². The van der Waals surface area contributed by atoms with Crippen LogP contribution in [0.3, 0.4) is 0 Å². The zero-order chi connectivity index (χ0) is 18.4. The summed E-state index contributed by atoms with van der Waals surface area (Å²) < 4.78 is 68.4. The van der Waals surface area contributed by atoms with Gasteiger partial charge in [-0.05, 0) is 31.5 Å². The molecular weight excluding hydrogens is 349 g/mol. The number of esters is 1. The zero-order valence-corrected chi connectivity index (χ0v) is 13.4. The second kappa shape index (κ2) is 8.12. The Bertz CT molecular complexity index is 726. The summed E-state index contributed by atoms with van der Waals surface area (Å²) in [6, 6.07) is 5.05. The molecule has 0 radical (unpaired) electrons. The molecule has 0 fully saturated rings. The first kappa shape index (κ1) is 19.9. The molecule has 1 atom stereocenters. The minimum atomic E-state index is -4.65. The highest BCUT2D eigenvalue weighted by Gasteiger charge is 2.31. The number of nitriles is 1. The molecule has 0 aromatic heterocycles. The van der Waals surface area contributed by atoms with Crippen LogP contribution in [0.15, 0.2) is 29.2 Å². The third-order valence-electron chi connectivity index (χ3n) is 2.81. The average Bonchev–Trinajstić information content (AvgIpc) is 2.50. The predicted octanol–water partition coefficient (Wildman–Crippen LogP) is 2.22. The minimum absolute atomic E-state index is 0.0785. The lowest BCUT2D eigenvalue weighted by Gasteiger charge is -2.10. The first-order valence-corrected chi connectivity index (χ1v) is 8.30. The van der Waals surface area contributed by atoms with Crippen molar-refractivity contribution in [2.45, 2.75) is 36.9 Å². The minimum Gasteiger partial charge on any atom is -0.447 e. The van der Waals surface area contributed by atoms with Crippen molar-refractivity contribution in [1.29, 1.82) is 5.26 Å². The van der Waals surface area contributed by atoms with Gasteiger partial charge < -0.3 is 4.74 Å². The van der Waals surface area contributed by atoms with Crippen LogP contribution in [-0.4, -0.2) is 27.0 Å². The number of nitrogens with zero attached hydrogens (tertiary/aromatic N) is 1. The van der Waals surface area contributed by atoms with E-state index in [0.717, 1.165) is 18.2 Å². The standard InChI is InChI=1S/C14H15F3N2O4S/c1-10(9-18)23-13(20)6-3-7-19-24(21,22)12-5-2-4-11(8-12)14(15,16)17/h2,4-5,8,10,19H,3,6-7H2,1H3/t10-/m1/s1. The molecule has 1 N–H and O–H groups in total. The molecule has 0 heterocycles. The van der Waals surface area contributed by atoms with E-state index >= 15 is 0 Å². The number of sulfonamides is 1. The van der Waals surface area contributed by atoms with Crippen molar-refractivity contribution in [3.63, 3.8) is 0 Å². The van der Waals surface area contributed by atoms with Crippen LogP contribution in [0.1, 0.15) is 25.3 Å². The summed E-state index contributed by atoms with van der Waals surface area (Å²) in [5.41, 5.74) is -1.07. The molecule has 0 aliphatic carbocycles. The molecule has 0 spiro atoms. The van der Waals surface area contributed by atoms with E-state index in [1.54, 1.807) is 6.07 Å². The number of carbonyl (C=O) groups excluding carboxylic acids is 1. The summed E-state index contributed by atoms with van der Waals surface area (Å²) in [6.45, 7) is 1.23. The summed E-state index contributed by atoms with van der Waals surface area (Å²) in [6.07, 6.45) is -5.60. The lowest BCUT2D eigenvalue weighted by atomic mass is 10.2. The molecule has 0 bridgehead atoms. The van der Waals surface area contributed by atoms with Gasteiger partial charge >= 0.3 is 12.1 Å². The normalized spacial score (nSPS) is 13.1. The Hall–Kier alpha value is -2.12. The lowest BCUT2D eigenvalue weighted by Crippen LogP contribution is -2.26. The second-order valence-electron chi connectivity index (χ2n) is 4.79. The van der Waals surface area contributed by atoms with E-state index in [0.29, 0.717) is 6.07 Å². The number of benzene rings is 1. The fourth-order valence-electron chi connectivity index (χ4n) is 1.64. The van der Waals surface area contributed by atoms with Crippen LogP contribution < -0.4 is 4.72 Å². The molecule has 10 heteroatoms. The van der Waals surface area contributed by atoms with Gasteiger partial charge in [-0.25, -0.2) is 13.1 Å². The molecule has 0 aliphatic rings. The molecule has 1 rings (SSSR count). The van der Waals surface area contributed by atoms with Gasteiger partial charge in [0, 0.05) is 13.0 Å². The van der Waals surface area contributed by atoms with E-state index in [1.807, 2.05) is 0 Å². The van der Waals surface area contributed by atoms with E-state index in [-0.39, 0.29) is 19.4 Å². The molecule has 0 aliphatic heterocycles. The molecule has 0 saturated carbocycles. The van der Waals surface area contributed by atoms with Gasteiger partial charge in [0.1, 0.15) is 6.07 Å². The average molecular weight is 364 g/mol. The van der Waals surface area contributed by atoms with Gasteiger partial charge in [-0.1, -0.05) is 6.07 Å². The van der Waals surface area contributed by atoms with Crippen LogP contribution in [0.25, 0.3) is 0 Å². The first-order valence-electron chi connectivity index (χ1n) is 6.82. The number of rotatable bonds is 7. The number of hydrogen-bond donors (Lipinski definition) is 1. The maximum Gasteiger partial charge on any atom is 0.416 e. The van der Waals surface area contributed by atoms with E-state index in [4.69, 9.17) is 5.26 Å². The molecule has 132 valence electrons. The Morgan fingerprint density at radius 2 is 2.08 bits per heavy atom. The van der Waals surface area contributed by atoms with Crippen molar-refractivity contribution in [2.24, 2.45) is 0 Å². The van der Waals surface area contributed by atoms with Gasteiger partial charge in [-0.15, -0.1) is 0 Å². The van der Waals surface area contributed by atoms with Crippen molar-refractivity contribution in [3.8, 4) is 6.07 Å². The maximum absolute atomic E-state index is 12.6. The van der Waals surface area contributed by atoms with Crippen molar-refractivity contribution >= 4 is 16.0 Å². The van der Waals surface area contributed by atoms with Gasteiger partial charge in [-0.2, -0.15) is 18.4 Å². The molecule has 0 saturated heterocycles. The SMILES string of the molecule is C[C@H](C#N)OC(=O)CCCNS(=O)(=O)c1cccc(C(F)(F)F)c1. The number of carbonyl (C=O) groups is 1. The van der Waals surface area contributed by atoms with E-state index in [1.165, 1.54) is 6.92 Å². The number of alkyl halides is 3. The van der Waals surface area contributed by atoms with Crippen LogP contribution in [0.2, 0.25) is 0 Å². The Morgan fingerprint density at radius 3 is 2.67 bits per heavy atom. The smallest absolute Gasteiger partial charge is 0.416 e. The highest BCUT2D eigenvalue weighted by Crippen LogP contribution is 2.30. The van der Waals surface area contributed by atoms with Gasteiger partial charge in [0.2, 0.25) is 10.0 Å². The largest absolute Gasteiger partial charge is 0.447 e. The molecule has 1 aromatic rings. The van der Waals surface area contributed by atoms with Crippen LogP contribution >= 0.6 is 0 Å². The number of hydrogen-bond acceptors (Lipinski definition) is 5. The fraction of sp³-hybridized carbons (Fsp3) is 0.429. The summed E-state index contributed by atoms with van der Waals surface area (Å²) in [7, 11) is -4.12. The van der Waals surface area contributed by atoms with E-state index in [2.05, 4.69) is 9.46 Å². The number of halogens is 3. The van der Waals surface area contributed by atoms with Crippen LogP contribution in [0.4, 0.5) is 13.2 Å². The summed E-state index contributed by atoms with van der Waals surface area (Å²) >= 11 is 0. The van der Waals surface area contributed by atoms with Crippen molar-refractivity contribution < 1.29 is 31.1 Å². The van der Waals surface area contributed by atoms with Crippen molar-refractivity contribution in [2.75, 3.05) is 6.54 Å². The summed E-state index contributed by atoms with van der Waals surface area (Å²) in [5.74, 6) is -0.665. The molecule has 1 aromatic carbocycles. The summed E-state index contributed by atoms with van der Waals surface area (Å²) in [5, 5.41) is 8.47. The van der Waals surface area contributed by atoms with Gasteiger partial charge in [-0.3, -0.25) is 4.79 Å². The maximum atomic E-state index is 12.6. The van der Waals surface area contributed by atoms with Gasteiger partial charge in [0.25, 0.3) is 0 Å². The highest BCUT2D eigenvalue weighted by molar-refractivity contribution is 7.89. The zero-order valence-electron chi connectivity index (χ0n) is 12.6. The molecule has 0 amide bonds. The molecule has 6 nitrogen and oxygen atoms in total. The Labute approximate surface area is 137 Å². The molecule has 0 unspecified atom stereocenters. The molecule has 24 heavy (non-hydrogen) atoms. The quantitative estimate of drug-likeness (QED) is 0.591. The Balaban J connectivity index is 2.59. The van der Waals surface area contributed by atoms with Gasteiger partial charge in [0.05, 0.1) is 10.5 Å². The summed E-state index contributed by atoms with van der Waals surface area (Å²) in [4.78, 5) is 10.8. The van der Waals surface area contributed by atoms with Crippen LogP contribution in [0, 0.1) is 11.3 Å². The van der Waals surface area contributed by atoms with Crippen molar-refractivity contribution in [3.05, 3.63) is 29.8 Å². The Kier molecular flexibility index (Phi) is 6.74. The first-order chi connectivity index (χ1) is 11.1. The third-order valence-corrected chi connectivity index (χ3v) is 4.27. The highest BCUT2D eigenvalue weighted by atomic mass is 32.2. The van der Waals surface area contributed by atoms with Crippen molar-refractivity contribution in [1.82, 2.24) is 4.72 Å². The van der Waals surface area contributed by atoms with E-state index < -0.39 is 38.7 Å². The second-order valence-corrected chi connectivity index (χ2v) is 6.56. The van der Waals surface area contributed by atoms with E-state index in [9.17, 15) is 26.4 Å². The fourth-order valence-corrected chi connectivity index (χ4v) is 2.76. The number of ether oxygens (including phenoxy) is 1. The Morgan fingerprint density at radius 1 is 1.42 bits per heavy atom. The molecular formula is C14H15F3N2O4S. The van der Waals surface area contributed by atoms with Crippen LogP contribution in [0.5, 0.6) is 0 Å². The predicted molar refractivity (Wildman–Crippen MR) is 77.0 cm³/mol. The monoisotopic (exact) mass is 364 g/mol. The van der Waals surface area contributed by atoms with Crippen LogP contribution in [-0.2, 0) is 25.7 Å². The van der Waals surface area contributed by atoms with Gasteiger partial charge in [0.15, 0.2) is 6.10 Å². The third kappa shape index (κ3) is 6.17.